The van der Waals surface area contributed by atoms with Crippen molar-refractivity contribution in [1.82, 2.24) is 19.7 Å². The van der Waals surface area contributed by atoms with Gasteiger partial charge >= 0.3 is 0 Å². The van der Waals surface area contributed by atoms with Crippen LogP contribution in [0.3, 0.4) is 0 Å². The molecule has 0 unspecified atom stereocenters. The molecule has 6 heteroatoms. The summed E-state index contributed by atoms with van der Waals surface area (Å²) < 4.78 is 1.90. The molecule has 2 aromatic rings. The number of aromatic nitrogens is 3. The zero-order valence-electron chi connectivity index (χ0n) is 14.0. The van der Waals surface area contributed by atoms with Gasteiger partial charge in [0.15, 0.2) is 5.82 Å². The Morgan fingerprint density at radius 2 is 1.91 bits per heavy atom. The van der Waals surface area contributed by atoms with Crippen molar-refractivity contribution < 1.29 is 4.79 Å². The highest BCUT2D eigenvalue weighted by Gasteiger charge is 2.24. The first kappa shape index (κ1) is 15.5. The van der Waals surface area contributed by atoms with Gasteiger partial charge in [0.25, 0.3) is 0 Å². The maximum atomic E-state index is 11.8. The van der Waals surface area contributed by atoms with Gasteiger partial charge in [-0.1, -0.05) is 13.0 Å². The monoisotopic (exact) mass is 313 g/mol. The van der Waals surface area contributed by atoms with Crippen molar-refractivity contribution >= 4 is 11.6 Å². The van der Waals surface area contributed by atoms with Crippen LogP contribution < -0.4 is 4.90 Å². The molecule has 0 spiro atoms. The van der Waals surface area contributed by atoms with Gasteiger partial charge in [0.1, 0.15) is 0 Å². The van der Waals surface area contributed by atoms with E-state index in [2.05, 4.69) is 21.9 Å². The number of aryl methyl sites for hydroxylation is 1. The van der Waals surface area contributed by atoms with E-state index in [1.165, 1.54) is 5.69 Å². The molecule has 0 radical (unpaired) electrons. The van der Waals surface area contributed by atoms with E-state index in [0.29, 0.717) is 6.42 Å². The van der Waals surface area contributed by atoms with Gasteiger partial charge in [0.2, 0.25) is 5.91 Å². The third-order valence-electron chi connectivity index (χ3n) is 4.37. The maximum Gasteiger partial charge on any atom is 0.222 e. The molecule has 6 nitrogen and oxygen atoms in total. The summed E-state index contributed by atoms with van der Waals surface area (Å²) in [6.07, 6.45) is 2.36. The number of carbonyl (C=O) groups excluding carboxylic acids is 1. The standard InChI is InChI=1S/C17H23N5O/c1-4-16(23)20-9-11-21(12-10-20)17-13(2)19-22(14(17)3)15-7-5-6-8-18-15/h5-8H,4,9-12H2,1-3H3. The number of rotatable bonds is 3. The van der Waals surface area contributed by atoms with E-state index in [9.17, 15) is 4.79 Å². The van der Waals surface area contributed by atoms with E-state index in [0.717, 1.165) is 43.4 Å². The Labute approximate surface area is 136 Å². The Morgan fingerprint density at radius 1 is 1.17 bits per heavy atom. The first-order valence-electron chi connectivity index (χ1n) is 8.12. The van der Waals surface area contributed by atoms with E-state index in [1.807, 2.05) is 41.6 Å². The zero-order chi connectivity index (χ0) is 16.4. The van der Waals surface area contributed by atoms with Gasteiger partial charge in [-0.2, -0.15) is 5.10 Å². The lowest BCUT2D eigenvalue weighted by molar-refractivity contribution is -0.131. The predicted molar refractivity (Wildman–Crippen MR) is 89.9 cm³/mol. The summed E-state index contributed by atoms with van der Waals surface area (Å²) in [5.74, 6) is 1.07. The number of piperazine rings is 1. The fraction of sp³-hybridized carbons (Fsp3) is 0.471. The maximum absolute atomic E-state index is 11.8. The van der Waals surface area contributed by atoms with Crippen LogP contribution in [0.5, 0.6) is 0 Å². The molecule has 1 fully saturated rings. The van der Waals surface area contributed by atoms with Crippen LogP contribution in [0.15, 0.2) is 24.4 Å². The number of nitrogens with zero attached hydrogens (tertiary/aromatic N) is 5. The minimum atomic E-state index is 0.238. The molecular formula is C17H23N5O. The lowest BCUT2D eigenvalue weighted by Gasteiger charge is -2.36. The average Bonchev–Trinajstić information content (AvgIpc) is 2.89. The second-order valence-electron chi connectivity index (χ2n) is 5.84. The van der Waals surface area contributed by atoms with Crippen molar-refractivity contribution in [2.45, 2.75) is 27.2 Å². The van der Waals surface area contributed by atoms with Crippen LogP contribution in [0, 0.1) is 13.8 Å². The van der Waals surface area contributed by atoms with Gasteiger partial charge in [0.05, 0.1) is 17.1 Å². The molecule has 0 bridgehead atoms. The third kappa shape index (κ3) is 2.93. The number of hydrogen-bond acceptors (Lipinski definition) is 4. The second kappa shape index (κ2) is 6.40. The quantitative estimate of drug-likeness (QED) is 0.869. The van der Waals surface area contributed by atoms with Crippen molar-refractivity contribution in [3.8, 4) is 5.82 Å². The summed E-state index contributed by atoms with van der Waals surface area (Å²) >= 11 is 0. The summed E-state index contributed by atoms with van der Waals surface area (Å²) in [5, 5.41) is 4.66. The zero-order valence-corrected chi connectivity index (χ0v) is 14.0. The predicted octanol–water partition coefficient (Wildman–Crippen LogP) is 1.94. The Morgan fingerprint density at radius 3 is 2.52 bits per heavy atom. The highest BCUT2D eigenvalue weighted by Crippen LogP contribution is 2.27. The minimum absolute atomic E-state index is 0.238. The highest BCUT2D eigenvalue weighted by atomic mass is 16.2. The van der Waals surface area contributed by atoms with Crippen LogP contribution in [0.2, 0.25) is 0 Å². The molecule has 1 aliphatic rings. The molecule has 122 valence electrons. The number of amides is 1. The van der Waals surface area contributed by atoms with Crippen molar-refractivity contribution in [2.24, 2.45) is 0 Å². The molecule has 2 aromatic heterocycles. The van der Waals surface area contributed by atoms with Crippen LogP contribution in [-0.4, -0.2) is 51.8 Å². The minimum Gasteiger partial charge on any atom is -0.365 e. The lowest BCUT2D eigenvalue weighted by atomic mass is 10.2. The molecule has 0 saturated carbocycles. The van der Waals surface area contributed by atoms with Crippen molar-refractivity contribution in [2.75, 3.05) is 31.1 Å². The summed E-state index contributed by atoms with van der Waals surface area (Å²) in [7, 11) is 0. The first-order valence-corrected chi connectivity index (χ1v) is 8.12. The Balaban J connectivity index is 1.82. The first-order chi connectivity index (χ1) is 11.1. The smallest absolute Gasteiger partial charge is 0.222 e. The SMILES string of the molecule is CCC(=O)N1CCN(c2c(C)nn(-c3ccccn3)c2C)CC1. The summed E-state index contributed by atoms with van der Waals surface area (Å²) in [6, 6.07) is 5.83. The largest absolute Gasteiger partial charge is 0.365 e. The number of carbonyl (C=O) groups is 1. The van der Waals surface area contributed by atoms with Gasteiger partial charge in [-0.15, -0.1) is 0 Å². The van der Waals surface area contributed by atoms with E-state index in [-0.39, 0.29) is 5.91 Å². The van der Waals surface area contributed by atoms with E-state index < -0.39 is 0 Å². The second-order valence-corrected chi connectivity index (χ2v) is 5.84. The van der Waals surface area contributed by atoms with Gasteiger partial charge < -0.3 is 9.80 Å². The molecule has 1 amide bonds. The molecule has 3 heterocycles. The molecule has 0 atom stereocenters. The van der Waals surface area contributed by atoms with Gasteiger partial charge in [-0.25, -0.2) is 9.67 Å². The highest BCUT2D eigenvalue weighted by molar-refractivity contribution is 5.76. The fourth-order valence-corrected chi connectivity index (χ4v) is 3.20. The fourth-order valence-electron chi connectivity index (χ4n) is 3.20. The summed E-state index contributed by atoms with van der Waals surface area (Å²) in [4.78, 5) is 20.5. The Kier molecular flexibility index (Phi) is 4.32. The van der Waals surface area contributed by atoms with E-state index >= 15 is 0 Å². The Bertz CT molecular complexity index is 687. The van der Waals surface area contributed by atoms with Crippen molar-refractivity contribution in [3.63, 3.8) is 0 Å². The van der Waals surface area contributed by atoms with Crippen LogP contribution >= 0.6 is 0 Å². The molecule has 3 rings (SSSR count). The van der Waals surface area contributed by atoms with Crippen LogP contribution in [0.25, 0.3) is 5.82 Å². The number of pyridine rings is 1. The van der Waals surface area contributed by atoms with Crippen molar-refractivity contribution in [3.05, 3.63) is 35.8 Å². The third-order valence-corrected chi connectivity index (χ3v) is 4.37. The average molecular weight is 313 g/mol. The Hall–Kier alpha value is -2.37. The number of hydrogen-bond donors (Lipinski definition) is 0. The molecule has 0 N–H and O–H groups in total. The summed E-state index contributed by atoms with van der Waals surface area (Å²) in [6.45, 7) is 9.28. The topological polar surface area (TPSA) is 54.3 Å². The molecule has 1 aliphatic heterocycles. The van der Waals surface area contributed by atoms with E-state index in [1.54, 1.807) is 6.20 Å². The normalized spacial score (nSPS) is 15.1. The molecule has 1 saturated heterocycles. The van der Waals surface area contributed by atoms with Crippen LogP contribution in [0.4, 0.5) is 5.69 Å². The lowest BCUT2D eigenvalue weighted by Crippen LogP contribution is -2.48. The van der Waals surface area contributed by atoms with Crippen LogP contribution in [-0.2, 0) is 4.79 Å². The molecule has 23 heavy (non-hydrogen) atoms. The van der Waals surface area contributed by atoms with E-state index in [4.69, 9.17) is 0 Å². The van der Waals surface area contributed by atoms with Gasteiger partial charge in [0, 0.05) is 38.8 Å². The van der Waals surface area contributed by atoms with Gasteiger partial charge in [-0.3, -0.25) is 4.79 Å². The van der Waals surface area contributed by atoms with Crippen molar-refractivity contribution in [1.29, 1.82) is 0 Å². The van der Waals surface area contributed by atoms with Crippen LogP contribution in [0.1, 0.15) is 24.7 Å². The molecular weight excluding hydrogens is 290 g/mol. The molecule has 0 aliphatic carbocycles. The summed E-state index contributed by atoms with van der Waals surface area (Å²) in [5.41, 5.74) is 3.26. The van der Waals surface area contributed by atoms with Gasteiger partial charge in [-0.05, 0) is 26.0 Å². The molecule has 0 aromatic carbocycles. The number of anilines is 1.